The molecule has 0 aliphatic carbocycles. The lowest BCUT2D eigenvalue weighted by molar-refractivity contribution is 0.153. The number of alkyl carbamates (subject to hydrolysis) is 2. The minimum atomic E-state index is -0.373. The number of carbonyl (C=O) groups excluding carboxylic acids is 2. The molecule has 0 aliphatic rings. The maximum atomic E-state index is 10.1. The van der Waals surface area contributed by atoms with Crippen LogP contribution in [-0.4, -0.2) is 62.9 Å². The van der Waals surface area contributed by atoms with Gasteiger partial charge in [0.2, 0.25) is 0 Å². The molecular weight excluding hydrogens is 436 g/mol. The van der Waals surface area contributed by atoms with E-state index in [1.54, 1.807) is 13.8 Å². The van der Waals surface area contributed by atoms with Crippen molar-refractivity contribution in [2.24, 2.45) is 0 Å². The van der Waals surface area contributed by atoms with E-state index >= 15 is 0 Å². The molecule has 0 aliphatic heterocycles. The van der Waals surface area contributed by atoms with Crippen LogP contribution in [0.2, 0.25) is 0 Å². The standard InChI is InChI=1S/C18H14O2.2C4H9NO2/c19-17-15-13-11-9-7-5-3-1-2-4-6-8-10-12-14-16-18-20;2*1-3-7-4(6)5-2/h19-20H,5-8,17-18H2;2*3H2,1-2H3,(H,5,6). The third-order valence-corrected chi connectivity index (χ3v) is 2.59. The highest BCUT2D eigenvalue weighted by Crippen LogP contribution is 1.83. The smallest absolute Gasteiger partial charge is 0.406 e. The van der Waals surface area contributed by atoms with Crippen molar-refractivity contribution >= 4 is 12.2 Å². The van der Waals surface area contributed by atoms with Gasteiger partial charge in [-0.3, -0.25) is 0 Å². The predicted molar refractivity (Wildman–Crippen MR) is 131 cm³/mol. The molecule has 0 rings (SSSR count). The van der Waals surface area contributed by atoms with E-state index in [9.17, 15) is 9.59 Å². The van der Waals surface area contributed by atoms with Crippen LogP contribution < -0.4 is 10.6 Å². The normalized spacial score (nSPS) is 6.88. The Balaban J connectivity index is -0.000000558. The van der Waals surface area contributed by atoms with Crippen molar-refractivity contribution in [3.05, 3.63) is 0 Å². The first-order valence-corrected chi connectivity index (χ1v) is 10.3. The summed E-state index contributed by atoms with van der Waals surface area (Å²) in [6, 6.07) is 0. The number of hydrogen-bond acceptors (Lipinski definition) is 6. The van der Waals surface area contributed by atoms with E-state index in [4.69, 9.17) is 10.2 Å². The number of aliphatic hydroxyl groups excluding tert-OH is 2. The molecule has 0 fully saturated rings. The first-order valence-electron chi connectivity index (χ1n) is 10.3. The van der Waals surface area contributed by atoms with Crippen molar-refractivity contribution in [3.63, 3.8) is 0 Å². The van der Waals surface area contributed by atoms with Crippen molar-refractivity contribution in [3.8, 4) is 71.0 Å². The number of rotatable bonds is 4. The number of amides is 2. The lowest BCUT2D eigenvalue weighted by Gasteiger charge is -1.95. The van der Waals surface area contributed by atoms with Gasteiger partial charge in [-0.1, -0.05) is 35.5 Å². The molecule has 0 bridgehead atoms. The van der Waals surface area contributed by atoms with Crippen LogP contribution in [0.25, 0.3) is 0 Å². The van der Waals surface area contributed by atoms with E-state index in [0.717, 1.165) is 0 Å². The maximum Gasteiger partial charge on any atom is 0.406 e. The largest absolute Gasteiger partial charge is 0.450 e. The van der Waals surface area contributed by atoms with Crippen molar-refractivity contribution in [1.82, 2.24) is 10.6 Å². The van der Waals surface area contributed by atoms with E-state index < -0.39 is 0 Å². The van der Waals surface area contributed by atoms with Gasteiger partial charge in [-0.15, -0.1) is 0 Å². The zero-order valence-electron chi connectivity index (χ0n) is 20.2. The Hall–Kier alpha value is -4.18. The number of carbonyl (C=O) groups is 2. The lowest BCUT2D eigenvalue weighted by atomic mass is 10.3. The summed E-state index contributed by atoms with van der Waals surface area (Å²) in [4.78, 5) is 20.2. The Labute approximate surface area is 203 Å². The number of aliphatic hydroxyl groups is 2. The Kier molecular flexibility index (Phi) is 33.9. The third-order valence-electron chi connectivity index (χ3n) is 2.59. The SMILES string of the molecule is CCOC(=O)NC.CCOC(=O)NC.OCC#CC#CCCC#CC#CCCC#CC#CCO. The zero-order chi connectivity index (χ0) is 26.1. The highest BCUT2D eigenvalue weighted by atomic mass is 16.5. The van der Waals surface area contributed by atoms with Gasteiger partial charge < -0.3 is 30.3 Å². The van der Waals surface area contributed by atoms with Crippen LogP contribution in [-0.2, 0) is 9.47 Å². The Morgan fingerprint density at radius 1 is 0.588 bits per heavy atom. The minimum Gasteiger partial charge on any atom is -0.450 e. The predicted octanol–water partition coefficient (Wildman–Crippen LogP) is 1.28. The number of unbranched alkanes of at least 4 members (excludes halogenated alkanes) is 2. The summed E-state index contributed by atoms with van der Waals surface area (Å²) in [6.07, 6.45) is 1.84. The van der Waals surface area contributed by atoms with Gasteiger partial charge in [0.1, 0.15) is 13.2 Å². The summed E-state index contributed by atoms with van der Waals surface area (Å²) in [5, 5.41) is 21.4. The highest BCUT2D eigenvalue weighted by molar-refractivity contribution is 5.66. The third kappa shape index (κ3) is 38.4. The number of ether oxygens (including phenoxy) is 2. The number of hydrogen-bond donors (Lipinski definition) is 4. The molecule has 0 unspecified atom stereocenters. The topological polar surface area (TPSA) is 117 Å². The summed E-state index contributed by atoms with van der Waals surface area (Å²) in [5.41, 5.74) is 0. The van der Waals surface area contributed by atoms with E-state index in [0.29, 0.717) is 38.9 Å². The molecule has 0 saturated carbocycles. The molecule has 0 atom stereocenters. The molecule has 4 N–H and O–H groups in total. The van der Waals surface area contributed by atoms with Crippen molar-refractivity contribution < 1.29 is 29.3 Å². The zero-order valence-corrected chi connectivity index (χ0v) is 20.2. The number of nitrogens with one attached hydrogen (secondary N) is 2. The molecule has 0 radical (unpaired) electrons. The molecule has 0 aromatic rings. The van der Waals surface area contributed by atoms with Crippen LogP contribution in [0.1, 0.15) is 39.5 Å². The average molecular weight is 469 g/mol. The van der Waals surface area contributed by atoms with Crippen molar-refractivity contribution in [2.45, 2.75) is 39.5 Å². The van der Waals surface area contributed by atoms with E-state index in [2.05, 4.69) is 91.2 Å². The summed E-state index contributed by atoms with van der Waals surface area (Å²) >= 11 is 0. The van der Waals surface area contributed by atoms with Crippen molar-refractivity contribution in [1.29, 1.82) is 0 Å². The van der Waals surface area contributed by atoms with Gasteiger partial charge in [-0.2, -0.15) is 0 Å². The lowest BCUT2D eigenvalue weighted by Crippen LogP contribution is -2.18. The van der Waals surface area contributed by atoms with Gasteiger partial charge in [0.05, 0.1) is 13.2 Å². The van der Waals surface area contributed by atoms with Gasteiger partial charge in [0.15, 0.2) is 0 Å². The van der Waals surface area contributed by atoms with E-state index in [1.165, 1.54) is 14.1 Å². The minimum absolute atomic E-state index is 0.164. The van der Waals surface area contributed by atoms with Gasteiger partial charge in [-0.05, 0) is 49.4 Å². The van der Waals surface area contributed by atoms with Gasteiger partial charge in [-0.25, -0.2) is 9.59 Å². The average Bonchev–Trinajstić information content (AvgIpc) is 2.85. The summed E-state index contributed by atoms with van der Waals surface area (Å²) in [7, 11) is 3.05. The monoisotopic (exact) mass is 468 g/mol. The molecule has 34 heavy (non-hydrogen) atoms. The maximum absolute atomic E-state index is 10.1. The molecule has 182 valence electrons. The molecule has 0 heterocycles. The van der Waals surface area contributed by atoms with Gasteiger partial charge in [0, 0.05) is 39.8 Å². The fourth-order valence-corrected chi connectivity index (χ4v) is 1.25. The molecule has 2 amide bonds. The molecular formula is C26H32N2O6. The molecule has 8 nitrogen and oxygen atoms in total. The van der Waals surface area contributed by atoms with Crippen LogP contribution in [0.3, 0.4) is 0 Å². The second-order valence-corrected chi connectivity index (χ2v) is 5.07. The summed E-state index contributed by atoms with van der Waals surface area (Å²) < 4.78 is 8.88. The highest BCUT2D eigenvalue weighted by Gasteiger charge is 1.90. The van der Waals surface area contributed by atoms with Crippen LogP contribution in [0, 0.1) is 71.0 Å². The summed E-state index contributed by atoms with van der Waals surface area (Å²) in [5.74, 6) is 32.0. The second-order valence-electron chi connectivity index (χ2n) is 5.07. The summed E-state index contributed by atoms with van der Waals surface area (Å²) in [6.45, 7) is 4.05. The fourth-order valence-electron chi connectivity index (χ4n) is 1.25. The molecule has 0 aromatic carbocycles. The van der Waals surface area contributed by atoms with Crippen LogP contribution in [0.15, 0.2) is 0 Å². The first-order chi connectivity index (χ1) is 16.5. The Bertz CT molecular complexity index is 842. The van der Waals surface area contributed by atoms with Gasteiger partial charge >= 0.3 is 12.2 Å². The fraction of sp³-hybridized carbons (Fsp3) is 0.462. The molecule has 8 heteroatoms. The van der Waals surface area contributed by atoms with Crippen molar-refractivity contribution in [2.75, 3.05) is 40.5 Å². The van der Waals surface area contributed by atoms with Gasteiger partial charge in [0.25, 0.3) is 0 Å². The molecule has 0 spiro atoms. The van der Waals surface area contributed by atoms with Crippen LogP contribution >= 0.6 is 0 Å². The van der Waals surface area contributed by atoms with E-state index in [1.807, 2.05) is 0 Å². The van der Waals surface area contributed by atoms with Crippen LogP contribution in [0.4, 0.5) is 9.59 Å². The molecule has 0 saturated heterocycles. The Morgan fingerprint density at radius 3 is 1.03 bits per heavy atom. The Morgan fingerprint density at radius 2 is 0.853 bits per heavy atom. The quantitative estimate of drug-likeness (QED) is 0.365. The second kappa shape index (κ2) is 33.5. The molecule has 0 aromatic heterocycles. The first kappa shape index (κ1) is 34.4. The van der Waals surface area contributed by atoms with E-state index in [-0.39, 0.29) is 25.4 Å². The van der Waals surface area contributed by atoms with Crippen LogP contribution in [0.5, 0.6) is 0 Å².